The Morgan fingerprint density at radius 3 is 2.70 bits per heavy atom. The fourth-order valence-electron chi connectivity index (χ4n) is 2.80. The van der Waals surface area contributed by atoms with Gasteiger partial charge in [-0.2, -0.15) is 0 Å². The molecule has 4 aromatic rings. The van der Waals surface area contributed by atoms with Crippen molar-refractivity contribution in [3.63, 3.8) is 0 Å². The van der Waals surface area contributed by atoms with Gasteiger partial charge in [-0.3, -0.25) is 9.59 Å². The maximum absolute atomic E-state index is 14.0. The number of carbonyl (C=O) groups excluding carboxylic acids is 1. The number of nitrogens with one attached hydrogen (secondary N) is 1. The summed E-state index contributed by atoms with van der Waals surface area (Å²) in [4.78, 5) is 25.6. The molecule has 1 amide bonds. The number of amides is 1. The van der Waals surface area contributed by atoms with Gasteiger partial charge in [-0.1, -0.05) is 18.2 Å². The third kappa shape index (κ3) is 3.66. The van der Waals surface area contributed by atoms with Crippen LogP contribution in [0.25, 0.3) is 22.3 Å². The average molecular weight is 379 g/mol. The molecule has 0 fully saturated rings. The predicted molar refractivity (Wildman–Crippen MR) is 105 cm³/mol. The number of hydrogen-bond acceptors (Lipinski definition) is 4. The molecular weight excluding hydrogens is 365 g/mol. The van der Waals surface area contributed by atoms with Crippen molar-refractivity contribution in [3.8, 4) is 11.3 Å². The number of benzene rings is 2. The first-order valence-electron chi connectivity index (χ1n) is 8.25. The van der Waals surface area contributed by atoms with Gasteiger partial charge in [-0.25, -0.2) is 4.39 Å². The van der Waals surface area contributed by atoms with E-state index in [9.17, 15) is 14.0 Å². The molecule has 134 valence electrons. The van der Waals surface area contributed by atoms with Crippen LogP contribution in [0.5, 0.6) is 0 Å². The molecule has 0 atom stereocenters. The van der Waals surface area contributed by atoms with Crippen LogP contribution in [0.1, 0.15) is 4.88 Å². The zero-order chi connectivity index (χ0) is 18.8. The van der Waals surface area contributed by atoms with E-state index in [0.717, 1.165) is 4.88 Å². The fraction of sp³-hybridized carbons (Fsp3) is 0.0476. The van der Waals surface area contributed by atoms with Crippen molar-refractivity contribution in [1.82, 2.24) is 0 Å². The maximum Gasteiger partial charge on any atom is 0.229 e. The van der Waals surface area contributed by atoms with Gasteiger partial charge in [0.25, 0.3) is 0 Å². The van der Waals surface area contributed by atoms with Crippen LogP contribution in [0.3, 0.4) is 0 Å². The highest BCUT2D eigenvalue weighted by molar-refractivity contribution is 7.10. The summed E-state index contributed by atoms with van der Waals surface area (Å²) in [6, 6.07) is 16.0. The summed E-state index contributed by atoms with van der Waals surface area (Å²) in [7, 11) is 0. The van der Waals surface area contributed by atoms with Crippen molar-refractivity contribution >= 4 is 33.9 Å². The summed E-state index contributed by atoms with van der Waals surface area (Å²) in [6.07, 6.45) is 0.274. The summed E-state index contributed by atoms with van der Waals surface area (Å²) < 4.78 is 19.7. The molecule has 0 aliphatic carbocycles. The van der Waals surface area contributed by atoms with Gasteiger partial charge in [0.15, 0.2) is 5.43 Å². The first-order valence-corrected chi connectivity index (χ1v) is 9.13. The van der Waals surface area contributed by atoms with Crippen LogP contribution < -0.4 is 10.7 Å². The average Bonchev–Trinajstić information content (AvgIpc) is 3.15. The van der Waals surface area contributed by atoms with Gasteiger partial charge in [0.1, 0.15) is 17.2 Å². The molecule has 27 heavy (non-hydrogen) atoms. The Labute approximate surface area is 157 Å². The highest BCUT2D eigenvalue weighted by atomic mass is 32.1. The summed E-state index contributed by atoms with van der Waals surface area (Å²) in [6.45, 7) is 0. The predicted octanol–water partition coefficient (Wildman–Crippen LogP) is 4.84. The van der Waals surface area contributed by atoms with Gasteiger partial charge in [-0.15, -0.1) is 11.3 Å². The van der Waals surface area contributed by atoms with Gasteiger partial charge >= 0.3 is 0 Å². The number of fused-ring (bicyclic) bond motifs is 1. The van der Waals surface area contributed by atoms with E-state index in [1.54, 1.807) is 36.4 Å². The second-order valence-corrected chi connectivity index (χ2v) is 7.00. The third-order valence-corrected chi connectivity index (χ3v) is 4.94. The van der Waals surface area contributed by atoms with Gasteiger partial charge < -0.3 is 9.73 Å². The van der Waals surface area contributed by atoms with Gasteiger partial charge in [-0.05, 0) is 41.8 Å². The van der Waals surface area contributed by atoms with Crippen molar-refractivity contribution in [1.29, 1.82) is 0 Å². The Hall–Kier alpha value is -3.25. The zero-order valence-electron chi connectivity index (χ0n) is 14.1. The van der Waals surface area contributed by atoms with E-state index in [-0.39, 0.29) is 29.1 Å². The minimum atomic E-state index is -0.461. The summed E-state index contributed by atoms with van der Waals surface area (Å²) >= 11 is 1.51. The Morgan fingerprint density at radius 2 is 1.93 bits per heavy atom. The van der Waals surface area contributed by atoms with Gasteiger partial charge in [0, 0.05) is 16.6 Å². The van der Waals surface area contributed by atoms with Crippen LogP contribution in [0.4, 0.5) is 10.1 Å². The first-order chi connectivity index (χ1) is 13.1. The lowest BCUT2D eigenvalue weighted by Crippen LogP contribution is -2.14. The van der Waals surface area contributed by atoms with Crippen LogP contribution in [0, 0.1) is 5.82 Å². The first kappa shape index (κ1) is 17.2. The lowest BCUT2D eigenvalue weighted by molar-refractivity contribution is -0.115. The topological polar surface area (TPSA) is 59.3 Å². The number of halogens is 1. The molecular formula is C21H14FNO3S. The second-order valence-electron chi connectivity index (χ2n) is 5.97. The van der Waals surface area contributed by atoms with Crippen molar-refractivity contribution < 1.29 is 13.6 Å². The maximum atomic E-state index is 14.0. The van der Waals surface area contributed by atoms with E-state index >= 15 is 0 Å². The molecule has 6 heteroatoms. The molecule has 4 rings (SSSR count). The van der Waals surface area contributed by atoms with Crippen LogP contribution in [0.15, 0.2) is 75.3 Å². The van der Waals surface area contributed by atoms with E-state index in [0.29, 0.717) is 16.7 Å². The second kappa shape index (κ2) is 7.17. The molecule has 0 spiro atoms. The fourth-order valence-corrected chi connectivity index (χ4v) is 3.51. The van der Waals surface area contributed by atoms with E-state index in [4.69, 9.17) is 4.42 Å². The van der Waals surface area contributed by atoms with Crippen molar-refractivity contribution in [2.45, 2.75) is 6.42 Å². The normalized spacial score (nSPS) is 10.9. The van der Waals surface area contributed by atoms with E-state index in [1.165, 1.54) is 23.5 Å². The van der Waals surface area contributed by atoms with E-state index < -0.39 is 5.82 Å². The van der Waals surface area contributed by atoms with Crippen molar-refractivity contribution in [2.75, 3.05) is 5.32 Å². The van der Waals surface area contributed by atoms with E-state index in [2.05, 4.69) is 5.32 Å². The summed E-state index contributed by atoms with van der Waals surface area (Å²) in [5.41, 5.74) is 0.765. The number of hydrogen-bond donors (Lipinski definition) is 1. The quantitative estimate of drug-likeness (QED) is 0.552. The summed E-state index contributed by atoms with van der Waals surface area (Å²) in [5.74, 6) is -0.457. The number of rotatable bonds is 4. The van der Waals surface area contributed by atoms with E-state index in [1.807, 2.05) is 17.5 Å². The smallest absolute Gasteiger partial charge is 0.229 e. The monoisotopic (exact) mass is 379 g/mol. The SMILES string of the molecule is O=C(Cc1cccs1)Nc1ccc2oc(-c3ccccc3F)cc(=O)c2c1. The van der Waals surface area contributed by atoms with Crippen molar-refractivity contribution in [3.05, 3.63) is 87.0 Å². The Bertz CT molecular complexity index is 1180. The standard InChI is InChI=1S/C21H14FNO3S/c22-17-6-2-1-5-15(17)20-12-18(24)16-10-13(7-8-19(16)26-20)23-21(25)11-14-4-3-9-27-14/h1-10,12H,11H2,(H,23,25). The molecule has 0 aliphatic rings. The molecule has 2 aromatic carbocycles. The number of thiophene rings is 1. The van der Waals surface area contributed by atoms with Crippen LogP contribution >= 0.6 is 11.3 Å². The largest absolute Gasteiger partial charge is 0.456 e. The molecule has 2 aromatic heterocycles. The highest BCUT2D eigenvalue weighted by Crippen LogP contribution is 2.26. The van der Waals surface area contributed by atoms with Crippen LogP contribution in [-0.2, 0) is 11.2 Å². The zero-order valence-corrected chi connectivity index (χ0v) is 14.9. The Kier molecular flexibility index (Phi) is 4.56. The lowest BCUT2D eigenvalue weighted by atomic mass is 10.1. The Morgan fingerprint density at radius 1 is 1.07 bits per heavy atom. The molecule has 0 unspecified atom stereocenters. The molecule has 1 N–H and O–H groups in total. The van der Waals surface area contributed by atoms with Crippen molar-refractivity contribution in [2.24, 2.45) is 0 Å². The minimum absolute atomic E-state index is 0.163. The number of anilines is 1. The minimum Gasteiger partial charge on any atom is -0.456 e. The summed E-state index contributed by atoms with van der Waals surface area (Å²) in [5, 5.41) is 5.02. The third-order valence-electron chi connectivity index (χ3n) is 4.07. The van der Waals surface area contributed by atoms with Gasteiger partial charge in [0.2, 0.25) is 5.91 Å². The molecule has 0 radical (unpaired) electrons. The van der Waals surface area contributed by atoms with Crippen LogP contribution in [0.2, 0.25) is 0 Å². The number of carbonyl (C=O) groups is 1. The molecule has 2 heterocycles. The molecule has 0 bridgehead atoms. The van der Waals surface area contributed by atoms with Gasteiger partial charge in [0.05, 0.1) is 17.4 Å². The van der Waals surface area contributed by atoms with Crippen LogP contribution in [-0.4, -0.2) is 5.91 Å². The highest BCUT2D eigenvalue weighted by Gasteiger charge is 2.12. The molecule has 0 saturated carbocycles. The lowest BCUT2D eigenvalue weighted by Gasteiger charge is -2.07. The molecule has 0 aliphatic heterocycles. The molecule has 0 saturated heterocycles. The molecule has 4 nitrogen and oxygen atoms in total. The Balaban J connectivity index is 1.64.